The van der Waals surface area contributed by atoms with Gasteiger partial charge in [0, 0.05) is 17.8 Å². The molecule has 0 saturated carbocycles. The summed E-state index contributed by atoms with van der Waals surface area (Å²) >= 11 is 6.10. The zero-order valence-corrected chi connectivity index (χ0v) is 15.1. The maximum atomic E-state index is 12.2. The van der Waals surface area contributed by atoms with Crippen molar-refractivity contribution in [3.63, 3.8) is 0 Å². The lowest BCUT2D eigenvalue weighted by molar-refractivity contribution is -0.384. The number of carbonyl (C=O) groups excluding carboxylic acids is 1. The molecule has 0 heterocycles. The molecule has 2 amide bonds. The molecule has 0 radical (unpaired) electrons. The number of nitrogens with zero attached hydrogens (tertiary/aromatic N) is 1. The summed E-state index contributed by atoms with van der Waals surface area (Å²) in [5.74, 6) is -1.11. The van der Waals surface area contributed by atoms with Gasteiger partial charge in [-0.1, -0.05) is 17.7 Å². The number of aliphatic carboxylic acids is 1. The van der Waals surface area contributed by atoms with Crippen molar-refractivity contribution in [1.82, 2.24) is 0 Å². The summed E-state index contributed by atoms with van der Waals surface area (Å²) in [7, 11) is 0. The maximum absolute atomic E-state index is 12.2. The minimum atomic E-state index is -1.55. The van der Waals surface area contributed by atoms with Crippen LogP contribution in [0.3, 0.4) is 0 Å². The highest BCUT2D eigenvalue weighted by molar-refractivity contribution is 6.34. The third-order valence-electron chi connectivity index (χ3n) is 3.43. The molecule has 2 aromatic carbocycles. The maximum Gasteiger partial charge on any atom is 0.347 e. The fourth-order valence-electron chi connectivity index (χ4n) is 1.97. The number of carboxylic acids is 1. The van der Waals surface area contributed by atoms with E-state index in [9.17, 15) is 24.8 Å². The summed E-state index contributed by atoms with van der Waals surface area (Å²) in [5, 5.41) is 25.0. The Bertz CT molecular complexity index is 883. The average molecular weight is 394 g/mol. The number of nitro groups is 1. The van der Waals surface area contributed by atoms with Gasteiger partial charge < -0.3 is 20.5 Å². The fourth-order valence-corrected chi connectivity index (χ4v) is 2.18. The molecule has 0 spiro atoms. The minimum absolute atomic E-state index is 0.0775. The van der Waals surface area contributed by atoms with Crippen LogP contribution in [0.5, 0.6) is 5.75 Å². The van der Waals surface area contributed by atoms with E-state index < -0.39 is 22.5 Å². The number of carbonyl (C=O) groups is 2. The van der Waals surface area contributed by atoms with Gasteiger partial charge in [-0.3, -0.25) is 10.1 Å². The molecule has 0 aliphatic carbocycles. The van der Waals surface area contributed by atoms with Crippen LogP contribution in [0.4, 0.5) is 21.9 Å². The van der Waals surface area contributed by atoms with E-state index in [1.807, 2.05) is 0 Å². The molecule has 0 atom stereocenters. The summed E-state index contributed by atoms with van der Waals surface area (Å²) < 4.78 is 5.47. The van der Waals surface area contributed by atoms with E-state index >= 15 is 0 Å². The number of para-hydroxylation sites is 1. The summed E-state index contributed by atoms with van der Waals surface area (Å²) in [5.41, 5.74) is -1.25. The number of rotatable bonds is 6. The second-order valence-corrected chi connectivity index (χ2v) is 6.32. The molecule has 3 N–H and O–H groups in total. The fraction of sp³-hybridized carbons (Fsp3) is 0.176. The Morgan fingerprint density at radius 3 is 2.33 bits per heavy atom. The number of benzene rings is 2. The molecular formula is C17H16ClN3O6. The lowest BCUT2D eigenvalue weighted by Crippen LogP contribution is -2.38. The van der Waals surface area contributed by atoms with Gasteiger partial charge >= 0.3 is 12.0 Å². The molecule has 0 aliphatic rings. The highest BCUT2D eigenvalue weighted by Crippen LogP contribution is 2.34. The van der Waals surface area contributed by atoms with Crippen LogP contribution in [0.1, 0.15) is 13.8 Å². The molecule has 0 saturated heterocycles. The second kappa shape index (κ2) is 7.92. The van der Waals surface area contributed by atoms with Crippen molar-refractivity contribution in [2.24, 2.45) is 0 Å². The van der Waals surface area contributed by atoms with Crippen molar-refractivity contribution in [2.45, 2.75) is 19.4 Å². The van der Waals surface area contributed by atoms with Gasteiger partial charge in [-0.05, 0) is 38.1 Å². The smallest absolute Gasteiger partial charge is 0.347 e. The van der Waals surface area contributed by atoms with Crippen LogP contribution < -0.4 is 15.4 Å². The number of urea groups is 1. The minimum Gasteiger partial charge on any atom is -0.478 e. The van der Waals surface area contributed by atoms with Crippen molar-refractivity contribution in [3.05, 3.63) is 57.6 Å². The Morgan fingerprint density at radius 1 is 1.15 bits per heavy atom. The lowest BCUT2D eigenvalue weighted by atomic mass is 10.1. The SMILES string of the molecule is CC(C)(Oc1cccc(Cl)c1NC(=O)Nc1ccc([N+](=O)[O-])cc1)C(=O)O. The largest absolute Gasteiger partial charge is 0.478 e. The average Bonchev–Trinajstić information content (AvgIpc) is 2.58. The van der Waals surface area contributed by atoms with Crippen molar-refractivity contribution < 1.29 is 24.4 Å². The Labute approximate surface area is 159 Å². The van der Waals surface area contributed by atoms with Crippen molar-refractivity contribution in [1.29, 1.82) is 0 Å². The van der Waals surface area contributed by atoms with Gasteiger partial charge in [0.05, 0.1) is 9.95 Å². The third-order valence-corrected chi connectivity index (χ3v) is 3.75. The van der Waals surface area contributed by atoms with Crippen LogP contribution in [-0.4, -0.2) is 27.6 Å². The first-order valence-electron chi connectivity index (χ1n) is 7.63. The van der Waals surface area contributed by atoms with Gasteiger partial charge in [0.2, 0.25) is 0 Å². The topological polar surface area (TPSA) is 131 Å². The van der Waals surface area contributed by atoms with Crippen LogP contribution in [0, 0.1) is 10.1 Å². The number of nitro benzene ring substituents is 1. The van der Waals surface area contributed by atoms with E-state index in [4.69, 9.17) is 16.3 Å². The molecule has 2 aromatic rings. The number of hydrogen-bond acceptors (Lipinski definition) is 5. The summed E-state index contributed by atoms with van der Waals surface area (Å²) in [4.78, 5) is 33.6. The number of halogens is 1. The molecule has 0 bridgehead atoms. The van der Waals surface area contributed by atoms with Crippen LogP contribution in [0.25, 0.3) is 0 Å². The molecule has 27 heavy (non-hydrogen) atoms. The number of anilines is 2. The number of non-ortho nitro benzene ring substituents is 1. The lowest BCUT2D eigenvalue weighted by Gasteiger charge is -2.23. The summed E-state index contributed by atoms with van der Waals surface area (Å²) in [6.45, 7) is 2.72. The molecule has 9 nitrogen and oxygen atoms in total. The first kappa shape index (κ1) is 20.0. The highest BCUT2D eigenvalue weighted by atomic mass is 35.5. The Morgan fingerprint density at radius 2 is 1.78 bits per heavy atom. The van der Waals surface area contributed by atoms with Crippen molar-refractivity contribution >= 4 is 40.7 Å². The Hall–Kier alpha value is -3.33. The van der Waals surface area contributed by atoms with Crippen molar-refractivity contribution in [3.8, 4) is 5.75 Å². The predicted molar refractivity (Wildman–Crippen MR) is 99.5 cm³/mol. The third kappa shape index (κ3) is 5.08. The standard InChI is InChI=1S/C17H16ClN3O6/c1-17(2,15(22)23)27-13-5-3-4-12(18)14(13)20-16(24)19-10-6-8-11(9-7-10)21(25)26/h3-9H,1-2H3,(H,22,23)(H2,19,20,24). The van der Waals surface area contributed by atoms with E-state index in [0.717, 1.165) is 0 Å². The number of hydrogen-bond donors (Lipinski definition) is 3. The monoisotopic (exact) mass is 393 g/mol. The zero-order valence-electron chi connectivity index (χ0n) is 14.4. The molecule has 10 heteroatoms. The molecule has 0 fully saturated rings. The van der Waals surface area contributed by atoms with Gasteiger partial charge in [0.1, 0.15) is 11.4 Å². The van der Waals surface area contributed by atoms with E-state index in [0.29, 0.717) is 5.69 Å². The van der Waals surface area contributed by atoms with Crippen molar-refractivity contribution in [2.75, 3.05) is 10.6 Å². The molecule has 2 rings (SSSR count). The van der Waals surface area contributed by atoms with E-state index in [-0.39, 0.29) is 22.1 Å². The summed E-state index contributed by atoms with van der Waals surface area (Å²) in [6.07, 6.45) is 0. The van der Waals surface area contributed by atoms with Gasteiger partial charge in [-0.15, -0.1) is 0 Å². The number of nitrogens with one attached hydrogen (secondary N) is 2. The Balaban J connectivity index is 2.17. The van der Waals surface area contributed by atoms with E-state index in [2.05, 4.69) is 10.6 Å². The number of amides is 2. The van der Waals surface area contributed by atoms with Crippen LogP contribution in [0.15, 0.2) is 42.5 Å². The van der Waals surface area contributed by atoms with Gasteiger partial charge in [-0.2, -0.15) is 0 Å². The Kier molecular flexibility index (Phi) is 5.86. The first-order valence-corrected chi connectivity index (χ1v) is 8.01. The summed E-state index contributed by atoms with van der Waals surface area (Å²) in [6, 6.07) is 9.07. The van der Waals surface area contributed by atoms with Gasteiger partial charge in [-0.25, -0.2) is 9.59 Å². The highest BCUT2D eigenvalue weighted by Gasteiger charge is 2.30. The molecule has 0 unspecified atom stereocenters. The quantitative estimate of drug-likeness (QED) is 0.499. The molecular weight excluding hydrogens is 378 g/mol. The zero-order chi connectivity index (χ0) is 20.2. The second-order valence-electron chi connectivity index (χ2n) is 5.91. The van der Waals surface area contributed by atoms with Crippen LogP contribution in [-0.2, 0) is 4.79 Å². The van der Waals surface area contributed by atoms with E-state index in [1.165, 1.54) is 50.2 Å². The predicted octanol–water partition coefficient (Wildman–Crippen LogP) is 4.13. The molecule has 0 aliphatic heterocycles. The van der Waals surface area contributed by atoms with Gasteiger partial charge in [0.25, 0.3) is 5.69 Å². The first-order chi connectivity index (χ1) is 12.6. The van der Waals surface area contributed by atoms with Gasteiger partial charge in [0.15, 0.2) is 5.60 Å². The molecule has 142 valence electrons. The number of ether oxygens (including phenoxy) is 1. The van der Waals surface area contributed by atoms with Crippen LogP contribution in [0.2, 0.25) is 5.02 Å². The normalized spacial score (nSPS) is 10.8. The molecule has 0 aromatic heterocycles. The van der Waals surface area contributed by atoms with E-state index in [1.54, 1.807) is 6.07 Å². The number of carboxylic acid groups (broad SMARTS) is 1. The van der Waals surface area contributed by atoms with Crippen LogP contribution >= 0.6 is 11.6 Å².